The fourth-order valence-corrected chi connectivity index (χ4v) is 4.23. The van der Waals surface area contributed by atoms with Crippen LogP contribution in [-0.2, 0) is 0 Å². The normalized spacial score (nSPS) is 35.5. The van der Waals surface area contributed by atoms with Gasteiger partial charge in [0.25, 0.3) is 0 Å². The van der Waals surface area contributed by atoms with Gasteiger partial charge in [-0.15, -0.1) is 11.8 Å². The molecular weight excluding hydrogens is 164 g/mol. The lowest BCUT2D eigenvalue weighted by molar-refractivity contribution is 0.543. The molecule has 0 aromatic carbocycles. The van der Waals surface area contributed by atoms with Crippen LogP contribution in [0.5, 0.6) is 0 Å². The fraction of sp³-hybridized carbons (Fsp3) is 0.818. The van der Waals surface area contributed by atoms with Gasteiger partial charge in [-0.1, -0.05) is 19.4 Å². The molecule has 2 unspecified atom stereocenters. The SMILES string of the molecule is CCC1C2=C(CCCC2)SC1C. The smallest absolute Gasteiger partial charge is 0.0129 e. The van der Waals surface area contributed by atoms with E-state index in [2.05, 4.69) is 25.6 Å². The van der Waals surface area contributed by atoms with Gasteiger partial charge in [0.2, 0.25) is 0 Å². The minimum Gasteiger partial charge on any atom is -0.127 e. The van der Waals surface area contributed by atoms with Crippen molar-refractivity contribution in [3.8, 4) is 0 Å². The zero-order chi connectivity index (χ0) is 8.55. The van der Waals surface area contributed by atoms with Crippen LogP contribution < -0.4 is 0 Å². The Morgan fingerprint density at radius 3 is 2.83 bits per heavy atom. The van der Waals surface area contributed by atoms with E-state index in [-0.39, 0.29) is 0 Å². The lowest BCUT2D eigenvalue weighted by Crippen LogP contribution is -2.10. The quantitative estimate of drug-likeness (QED) is 0.591. The molecule has 2 atom stereocenters. The monoisotopic (exact) mass is 182 g/mol. The summed E-state index contributed by atoms with van der Waals surface area (Å²) in [5.41, 5.74) is 1.83. The first kappa shape index (κ1) is 8.68. The summed E-state index contributed by atoms with van der Waals surface area (Å²) < 4.78 is 0. The molecule has 1 aliphatic heterocycles. The van der Waals surface area contributed by atoms with Gasteiger partial charge >= 0.3 is 0 Å². The summed E-state index contributed by atoms with van der Waals surface area (Å²) in [6, 6.07) is 0. The highest BCUT2D eigenvalue weighted by molar-refractivity contribution is 8.03. The van der Waals surface area contributed by atoms with Crippen LogP contribution in [-0.4, -0.2) is 5.25 Å². The first-order valence-corrected chi connectivity index (χ1v) is 6.09. The minimum absolute atomic E-state index is 0.873. The highest BCUT2D eigenvalue weighted by atomic mass is 32.2. The summed E-state index contributed by atoms with van der Waals surface area (Å²) in [5.74, 6) is 0.922. The van der Waals surface area contributed by atoms with Crippen molar-refractivity contribution in [2.75, 3.05) is 0 Å². The minimum atomic E-state index is 0.873. The van der Waals surface area contributed by atoms with Crippen molar-refractivity contribution >= 4 is 11.8 Å². The third-order valence-corrected chi connectivity index (χ3v) is 4.69. The number of hydrogen-bond acceptors (Lipinski definition) is 1. The van der Waals surface area contributed by atoms with Gasteiger partial charge in [0.1, 0.15) is 0 Å². The molecule has 0 radical (unpaired) electrons. The fourth-order valence-electron chi connectivity index (χ4n) is 2.60. The summed E-state index contributed by atoms with van der Waals surface area (Å²) in [7, 11) is 0. The van der Waals surface area contributed by atoms with Crippen molar-refractivity contribution in [3.63, 3.8) is 0 Å². The number of rotatable bonds is 1. The van der Waals surface area contributed by atoms with E-state index in [1.165, 1.54) is 32.1 Å². The van der Waals surface area contributed by atoms with Gasteiger partial charge < -0.3 is 0 Å². The van der Waals surface area contributed by atoms with E-state index in [0.29, 0.717) is 0 Å². The Morgan fingerprint density at radius 2 is 2.08 bits per heavy atom. The van der Waals surface area contributed by atoms with Gasteiger partial charge in [-0.25, -0.2) is 0 Å². The summed E-state index contributed by atoms with van der Waals surface area (Å²) >= 11 is 2.16. The van der Waals surface area contributed by atoms with Gasteiger partial charge in [0.15, 0.2) is 0 Å². The molecule has 12 heavy (non-hydrogen) atoms. The number of allylic oxidation sites excluding steroid dienone is 2. The Morgan fingerprint density at radius 1 is 1.33 bits per heavy atom. The van der Waals surface area contributed by atoms with E-state index < -0.39 is 0 Å². The largest absolute Gasteiger partial charge is 0.127 e. The van der Waals surface area contributed by atoms with Gasteiger partial charge in [0, 0.05) is 5.25 Å². The molecule has 0 aromatic heterocycles. The van der Waals surface area contributed by atoms with Crippen LogP contribution in [0.15, 0.2) is 10.5 Å². The molecule has 0 saturated heterocycles. The third kappa shape index (κ3) is 1.32. The van der Waals surface area contributed by atoms with E-state index in [9.17, 15) is 0 Å². The van der Waals surface area contributed by atoms with Crippen molar-refractivity contribution < 1.29 is 0 Å². The third-order valence-electron chi connectivity index (χ3n) is 3.24. The molecule has 0 bridgehead atoms. The molecular formula is C11H18S. The van der Waals surface area contributed by atoms with Crippen LogP contribution in [0.3, 0.4) is 0 Å². The maximum Gasteiger partial charge on any atom is 0.0129 e. The van der Waals surface area contributed by atoms with Crippen molar-refractivity contribution in [2.45, 2.75) is 51.2 Å². The maximum atomic E-state index is 2.40. The summed E-state index contributed by atoms with van der Waals surface area (Å²) in [4.78, 5) is 1.76. The Hall–Kier alpha value is 0.0900. The molecule has 2 rings (SSSR count). The Kier molecular flexibility index (Phi) is 2.49. The second-order valence-electron chi connectivity index (χ2n) is 3.99. The molecule has 1 aliphatic carbocycles. The zero-order valence-corrected chi connectivity index (χ0v) is 8.91. The molecule has 1 heteroatoms. The average Bonchev–Trinajstić information content (AvgIpc) is 2.40. The van der Waals surface area contributed by atoms with Gasteiger partial charge in [-0.2, -0.15) is 0 Å². The number of hydrogen-bond donors (Lipinski definition) is 0. The Bertz CT molecular complexity index is 205. The van der Waals surface area contributed by atoms with Crippen LogP contribution in [0.4, 0.5) is 0 Å². The van der Waals surface area contributed by atoms with Crippen LogP contribution in [0.25, 0.3) is 0 Å². The van der Waals surface area contributed by atoms with Gasteiger partial charge in [-0.05, 0) is 42.9 Å². The highest BCUT2D eigenvalue weighted by Gasteiger charge is 2.31. The van der Waals surface area contributed by atoms with Crippen LogP contribution in [0.1, 0.15) is 46.0 Å². The molecule has 0 aromatic rings. The lowest BCUT2D eigenvalue weighted by Gasteiger charge is -2.18. The van der Waals surface area contributed by atoms with Crippen molar-refractivity contribution in [3.05, 3.63) is 10.5 Å². The first-order chi connectivity index (χ1) is 5.83. The topological polar surface area (TPSA) is 0 Å². The van der Waals surface area contributed by atoms with E-state index in [1.807, 2.05) is 5.57 Å². The van der Waals surface area contributed by atoms with Crippen LogP contribution in [0, 0.1) is 5.92 Å². The van der Waals surface area contributed by atoms with E-state index in [4.69, 9.17) is 0 Å². The van der Waals surface area contributed by atoms with Crippen LogP contribution in [0.2, 0.25) is 0 Å². The highest BCUT2D eigenvalue weighted by Crippen LogP contribution is 2.49. The zero-order valence-electron chi connectivity index (χ0n) is 8.10. The predicted molar refractivity (Wildman–Crippen MR) is 56.3 cm³/mol. The Balaban J connectivity index is 2.19. The lowest BCUT2D eigenvalue weighted by atomic mass is 9.86. The standard InChI is InChI=1S/C11H18S/c1-3-9-8(2)12-11-7-5-4-6-10(9)11/h8-9H,3-7H2,1-2H3. The summed E-state index contributed by atoms with van der Waals surface area (Å²) in [5, 5.41) is 0.873. The molecule has 68 valence electrons. The van der Waals surface area contributed by atoms with Crippen molar-refractivity contribution in [1.82, 2.24) is 0 Å². The number of thioether (sulfide) groups is 1. The first-order valence-electron chi connectivity index (χ1n) is 5.21. The van der Waals surface area contributed by atoms with E-state index >= 15 is 0 Å². The molecule has 0 fully saturated rings. The predicted octanol–water partition coefficient (Wildman–Crippen LogP) is 3.98. The molecule has 1 heterocycles. The van der Waals surface area contributed by atoms with Gasteiger partial charge in [-0.3, -0.25) is 0 Å². The molecule has 0 saturated carbocycles. The average molecular weight is 182 g/mol. The summed E-state index contributed by atoms with van der Waals surface area (Å²) in [6.45, 7) is 4.74. The second-order valence-corrected chi connectivity index (χ2v) is 5.47. The Labute approximate surface area is 79.8 Å². The molecule has 0 amide bonds. The molecule has 0 N–H and O–H groups in total. The van der Waals surface area contributed by atoms with Crippen molar-refractivity contribution in [1.29, 1.82) is 0 Å². The van der Waals surface area contributed by atoms with E-state index in [0.717, 1.165) is 11.2 Å². The maximum absolute atomic E-state index is 2.40. The summed E-state index contributed by atoms with van der Waals surface area (Å²) in [6.07, 6.45) is 7.04. The van der Waals surface area contributed by atoms with Gasteiger partial charge in [0.05, 0.1) is 0 Å². The van der Waals surface area contributed by atoms with Crippen LogP contribution >= 0.6 is 11.8 Å². The molecule has 0 spiro atoms. The van der Waals surface area contributed by atoms with Crippen molar-refractivity contribution in [2.24, 2.45) is 5.92 Å². The molecule has 0 nitrogen and oxygen atoms in total. The second kappa shape index (κ2) is 3.45. The van der Waals surface area contributed by atoms with E-state index in [1.54, 1.807) is 4.91 Å². The molecule has 2 aliphatic rings.